The summed E-state index contributed by atoms with van der Waals surface area (Å²) in [6.45, 7) is 2.88. The largest absolute Gasteiger partial charge is 0.504 e. The number of likely N-dealkylation sites (N-methyl/N-ethyl adjacent to an activating group) is 1. The molecule has 1 aromatic carbocycles. The van der Waals surface area contributed by atoms with Gasteiger partial charge in [0, 0.05) is 24.7 Å². The lowest BCUT2D eigenvalue weighted by atomic mass is 10.1. The number of para-hydroxylation sites is 1. The molecule has 0 bridgehead atoms. The van der Waals surface area contributed by atoms with Gasteiger partial charge in [-0.3, -0.25) is 0 Å². The Kier molecular flexibility index (Phi) is 4.44. The molecule has 4 nitrogen and oxygen atoms in total. The van der Waals surface area contributed by atoms with E-state index >= 15 is 0 Å². The van der Waals surface area contributed by atoms with Crippen LogP contribution in [0, 0.1) is 0 Å². The molecular formula is C14H22N2O2. The summed E-state index contributed by atoms with van der Waals surface area (Å²) in [6.07, 6.45) is 2.51. The normalized spacial score (nSPS) is 19.4. The molecule has 0 saturated carbocycles. The molecule has 1 saturated heterocycles. The van der Waals surface area contributed by atoms with Gasteiger partial charge in [0.05, 0.1) is 7.11 Å². The fourth-order valence-electron chi connectivity index (χ4n) is 2.50. The third-order valence-corrected chi connectivity index (χ3v) is 3.44. The van der Waals surface area contributed by atoms with Gasteiger partial charge in [-0.05, 0) is 32.5 Å². The average molecular weight is 250 g/mol. The van der Waals surface area contributed by atoms with Gasteiger partial charge < -0.3 is 20.1 Å². The second kappa shape index (κ2) is 6.07. The monoisotopic (exact) mass is 250 g/mol. The number of benzene rings is 1. The summed E-state index contributed by atoms with van der Waals surface area (Å²) in [6, 6.07) is 6.21. The Hall–Kier alpha value is -1.26. The molecule has 2 N–H and O–H groups in total. The molecule has 0 radical (unpaired) electrons. The predicted molar refractivity (Wildman–Crippen MR) is 72.0 cm³/mol. The topological polar surface area (TPSA) is 44.7 Å². The molecule has 100 valence electrons. The number of phenolic OH excluding ortho intramolecular Hbond substituents is 1. The maximum absolute atomic E-state index is 10.0. The van der Waals surface area contributed by atoms with E-state index in [4.69, 9.17) is 4.74 Å². The number of phenols is 1. The molecule has 0 spiro atoms. The zero-order valence-corrected chi connectivity index (χ0v) is 11.1. The van der Waals surface area contributed by atoms with Gasteiger partial charge in [0.1, 0.15) is 0 Å². The standard InChI is InChI=1S/C14H22N2O2/c1-16(10-12-6-4-8-15-12)9-11-5-3-7-13(18-2)14(11)17/h3,5,7,12,15,17H,4,6,8-10H2,1-2H3. The molecule has 1 aromatic rings. The van der Waals surface area contributed by atoms with Crippen LogP contribution >= 0.6 is 0 Å². The Morgan fingerprint density at radius 2 is 2.33 bits per heavy atom. The number of nitrogens with one attached hydrogen (secondary N) is 1. The van der Waals surface area contributed by atoms with Crippen LogP contribution < -0.4 is 10.1 Å². The quantitative estimate of drug-likeness (QED) is 0.833. The number of hydrogen-bond acceptors (Lipinski definition) is 4. The van der Waals surface area contributed by atoms with E-state index in [9.17, 15) is 5.11 Å². The molecule has 1 heterocycles. The average Bonchev–Trinajstić information content (AvgIpc) is 2.84. The number of aromatic hydroxyl groups is 1. The summed E-state index contributed by atoms with van der Waals surface area (Å²) in [5.74, 6) is 0.797. The number of methoxy groups -OCH3 is 1. The van der Waals surface area contributed by atoms with Gasteiger partial charge >= 0.3 is 0 Å². The van der Waals surface area contributed by atoms with Gasteiger partial charge in [-0.15, -0.1) is 0 Å². The third-order valence-electron chi connectivity index (χ3n) is 3.44. The van der Waals surface area contributed by atoms with Crippen LogP contribution in [-0.2, 0) is 6.54 Å². The van der Waals surface area contributed by atoms with E-state index in [1.54, 1.807) is 13.2 Å². The summed E-state index contributed by atoms with van der Waals surface area (Å²) in [4.78, 5) is 2.23. The van der Waals surface area contributed by atoms with Crippen molar-refractivity contribution in [2.45, 2.75) is 25.4 Å². The van der Waals surface area contributed by atoms with E-state index in [0.29, 0.717) is 11.8 Å². The molecule has 4 heteroatoms. The van der Waals surface area contributed by atoms with E-state index < -0.39 is 0 Å². The van der Waals surface area contributed by atoms with Crippen molar-refractivity contribution in [1.82, 2.24) is 10.2 Å². The lowest BCUT2D eigenvalue weighted by Crippen LogP contribution is -2.34. The highest BCUT2D eigenvalue weighted by Gasteiger charge is 2.17. The van der Waals surface area contributed by atoms with Crippen LogP contribution in [0.4, 0.5) is 0 Å². The summed E-state index contributed by atoms with van der Waals surface area (Å²) in [5.41, 5.74) is 0.912. The van der Waals surface area contributed by atoms with Crippen LogP contribution in [0.1, 0.15) is 18.4 Å². The van der Waals surface area contributed by atoms with Crippen LogP contribution in [0.3, 0.4) is 0 Å². The van der Waals surface area contributed by atoms with Gasteiger partial charge in [-0.1, -0.05) is 12.1 Å². The SMILES string of the molecule is COc1cccc(CN(C)CC2CCCN2)c1O. The second-order valence-corrected chi connectivity index (χ2v) is 4.96. The Labute approximate surface area is 109 Å². The number of rotatable bonds is 5. The first-order valence-corrected chi connectivity index (χ1v) is 6.47. The summed E-state index contributed by atoms with van der Waals surface area (Å²) >= 11 is 0. The van der Waals surface area contributed by atoms with Crippen molar-refractivity contribution in [2.24, 2.45) is 0 Å². The van der Waals surface area contributed by atoms with Gasteiger partial charge in [-0.25, -0.2) is 0 Å². The van der Waals surface area contributed by atoms with Crippen LogP contribution in [0.2, 0.25) is 0 Å². The van der Waals surface area contributed by atoms with Gasteiger partial charge in [0.15, 0.2) is 11.5 Å². The molecular weight excluding hydrogens is 228 g/mol. The van der Waals surface area contributed by atoms with E-state index in [1.165, 1.54) is 12.8 Å². The maximum Gasteiger partial charge on any atom is 0.162 e. The maximum atomic E-state index is 10.0. The highest BCUT2D eigenvalue weighted by molar-refractivity contribution is 5.45. The molecule has 0 aromatic heterocycles. The van der Waals surface area contributed by atoms with Crippen molar-refractivity contribution < 1.29 is 9.84 Å². The van der Waals surface area contributed by atoms with Crippen LogP contribution in [0.15, 0.2) is 18.2 Å². The van der Waals surface area contributed by atoms with Crippen LogP contribution in [0.5, 0.6) is 11.5 Å². The molecule has 18 heavy (non-hydrogen) atoms. The minimum atomic E-state index is 0.256. The lowest BCUT2D eigenvalue weighted by molar-refractivity contribution is 0.286. The zero-order chi connectivity index (χ0) is 13.0. The van der Waals surface area contributed by atoms with Crippen molar-refractivity contribution in [2.75, 3.05) is 27.2 Å². The molecule has 0 amide bonds. The highest BCUT2D eigenvalue weighted by atomic mass is 16.5. The Balaban J connectivity index is 1.95. The van der Waals surface area contributed by atoms with Crippen molar-refractivity contribution in [3.8, 4) is 11.5 Å². The van der Waals surface area contributed by atoms with Crippen LogP contribution in [0.25, 0.3) is 0 Å². The first-order valence-electron chi connectivity index (χ1n) is 6.47. The minimum Gasteiger partial charge on any atom is -0.504 e. The first kappa shape index (κ1) is 13.2. The number of hydrogen-bond donors (Lipinski definition) is 2. The fraction of sp³-hybridized carbons (Fsp3) is 0.571. The third kappa shape index (κ3) is 3.15. The molecule has 1 fully saturated rings. The van der Waals surface area contributed by atoms with Crippen molar-refractivity contribution in [3.05, 3.63) is 23.8 Å². The summed E-state index contributed by atoms with van der Waals surface area (Å²) in [5, 5.41) is 13.5. The van der Waals surface area contributed by atoms with E-state index in [1.807, 2.05) is 12.1 Å². The van der Waals surface area contributed by atoms with Gasteiger partial charge in [-0.2, -0.15) is 0 Å². The fourth-order valence-corrected chi connectivity index (χ4v) is 2.50. The van der Waals surface area contributed by atoms with E-state index in [-0.39, 0.29) is 5.75 Å². The lowest BCUT2D eigenvalue weighted by Gasteiger charge is -2.21. The van der Waals surface area contributed by atoms with Crippen molar-refractivity contribution in [3.63, 3.8) is 0 Å². The summed E-state index contributed by atoms with van der Waals surface area (Å²) < 4.78 is 5.12. The van der Waals surface area contributed by atoms with Crippen molar-refractivity contribution in [1.29, 1.82) is 0 Å². The molecule has 1 atom stereocenters. The molecule has 2 rings (SSSR count). The predicted octanol–water partition coefficient (Wildman–Crippen LogP) is 1.58. The molecule has 1 unspecified atom stereocenters. The Morgan fingerprint density at radius 1 is 1.50 bits per heavy atom. The first-order chi connectivity index (χ1) is 8.70. The Morgan fingerprint density at radius 3 is 3.00 bits per heavy atom. The van der Waals surface area contributed by atoms with Gasteiger partial charge in [0.25, 0.3) is 0 Å². The highest BCUT2D eigenvalue weighted by Crippen LogP contribution is 2.30. The number of ether oxygens (including phenoxy) is 1. The number of nitrogens with zero attached hydrogens (tertiary/aromatic N) is 1. The van der Waals surface area contributed by atoms with E-state index in [0.717, 1.165) is 25.2 Å². The van der Waals surface area contributed by atoms with Crippen molar-refractivity contribution >= 4 is 0 Å². The zero-order valence-electron chi connectivity index (χ0n) is 11.1. The van der Waals surface area contributed by atoms with Gasteiger partial charge in [0.2, 0.25) is 0 Å². The minimum absolute atomic E-state index is 0.256. The Bertz CT molecular complexity index is 389. The van der Waals surface area contributed by atoms with Crippen LogP contribution in [-0.4, -0.2) is 43.3 Å². The second-order valence-electron chi connectivity index (χ2n) is 4.96. The smallest absolute Gasteiger partial charge is 0.162 e. The van der Waals surface area contributed by atoms with E-state index in [2.05, 4.69) is 17.3 Å². The molecule has 1 aliphatic heterocycles. The molecule has 1 aliphatic rings. The molecule has 0 aliphatic carbocycles. The summed E-state index contributed by atoms with van der Waals surface area (Å²) in [7, 11) is 3.66.